The van der Waals surface area contributed by atoms with E-state index in [9.17, 15) is 15.0 Å². The van der Waals surface area contributed by atoms with Crippen molar-refractivity contribution in [3.63, 3.8) is 0 Å². The molecule has 2 aliphatic carbocycles. The number of carbonyl (C=O) groups excluding carboxylic acids is 1. The molecule has 4 bridgehead atoms. The molecule has 3 heterocycles. The minimum atomic E-state index is -0.829. The summed E-state index contributed by atoms with van der Waals surface area (Å²) in [6.07, 6.45) is 7.85. The molecular formula is C30H48N2O6. The molecule has 0 aromatic carbocycles. The summed E-state index contributed by atoms with van der Waals surface area (Å²) in [5.41, 5.74) is 0.294. The van der Waals surface area contributed by atoms with Crippen LogP contribution in [0.5, 0.6) is 0 Å². The van der Waals surface area contributed by atoms with Crippen molar-refractivity contribution in [3.8, 4) is 0 Å². The number of hydrogen-bond acceptors (Lipinski definition) is 8. The number of esters is 1. The van der Waals surface area contributed by atoms with Gasteiger partial charge < -0.3 is 34.6 Å². The molecule has 5 aliphatic rings. The van der Waals surface area contributed by atoms with Crippen molar-refractivity contribution in [2.45, 2.75) is 95.5 Å². The van der Waals surface area contributed by atoms with E-state index in [0.717, 1.165) is 18.7 Å². The number of piperidine rings is 1. The third-order valence-electron chi connectivity index (χ3n) is 10.2. The molecule has 0 amide bonds. The Labute approximate surface area is 227 Å². The fourth-order valence-electron chi connectivity index (χ4n) is 8.24. The highest BCUT2D eigenvalue weighted by molar-refractivity contribution is 5.75. The predicted molar refractivity (Wildman–Crippen MR) is 144 cm³/mol. The van der Waals surface area contributed by atoms with Gasteiger partial charge in [-0.05, 0) is 51.8 Å². The number of nitrogens with zero attached hydrogens (tertiary/aromatic N) is 1. The van der Waals surface area contributed by atoms with Gasteiger partial charge in [0.1, 0.15) is 11.7 Å². The van der Waals surface area contributed by atoms with Crippen molar-refractivity contribution in [1.29, 1.82) is 0 Å². The van der Waals surface area contributed by atoms with E-state index >= 15 is 0 Å². The highest BCUT2D eigenvalue weighted by Gasteiger charge is 2.68. The summed E-state index contributed by atoms with van der Waals surface area (Å²) in [6, 6.07) is 0.0350. The molecule has 1 saturated carbocycles. The highest BCUT2D eigenvalue weighted by Crippen LogP contribution is 2.60. The van der Waals surface area contributed by atoms with Crippen LogP contribution in [-0.4, -0.2) is 96.5 Å². The Morgan fingerprint density at radius 2 is 1.97 bits per heavy atom. The van der Waals surface area contributed by atoms with Gasteiger partial charge in [0, 0.05) is 55.8 Å². The zero-order valence-corrected chi connectivity index (χ0v) is 23.7. The number of methoxy groups -OCH3 is 1. The number of rotatable bonds is 6. The van der Waals surface area contributed by atoms with Gasteiger partial charge in [0.05, 0.1) is 18.3 Å². The van der Waals surface area contributed by atoms with Crippen LogP contribution in [0.1, 0.15) is 53.4 Å². The van der Waals surface area contributed by atoms with Crippen LogP contribution in [0, 0.1) is 29.6 Å². The van der Waals surface area contributed by atoms with Gasteiger partial charge in [0.25, 0.3) is 0 Å². The van der Waals surface area contributed by atoms with Gasteiger partial charge in [-0.15, -0.1) is 0 Å². The molecular weight excluding hydrogens is 484 g/mol. The summed E-state index contributed by atoms with van der Waals surface area (Å²) in [5.74, 6) is -0.831. The minimum absolute atomic E-state index is 0.0307. The molecule has 0 aromatic rings. The second kappa shape index (κ2) is 11.3. The zero-order chi connectivity index (χ0) is 27.2. The van der Waals surface area contributed by atoms with Crippen LogP contribution in [0.2, 0.25) is 0 Å². The molecule has 8 nitrogen and oxygen atoms in total. The van der Waals surface area contributed by atoms with E-state index in [1.807, 2.05) is 6.92 Å². The van der Waals surface area contributed by atoms with Crippen LogP contribution in [-0.2, 0) is 19.0 Å². The van der Waals surface area contributed by atoms with Crippen LogP contribution >= 0.6 is 0 Å². The molecule has 5 rings (SSSR count). The molecule has 38 heavy (non-hydrogen) atoms. The Morgan fingerprint density at radius 1 is 1.24 bits per heavy atom. The summed E-state index contributed by atoms with van der Waals surface area (Å²) < 4.78 is 18.6. The van der Waals surface area contributed by atoms with Crippen molar-refractivity contribution in [2.24, 2.45) is 29.6 Å². The van der Waals surface area contributed by atoms with Gasteiger partial charge in [-0.25, -0.2) is 4.79 Å². The Kier molecular flexibility index (Phi) is 8.40. The Balaban J connectivity index is 1.47. The summed E-state index contributed by atoms with van der Waals surface area (Å²) in [7, 11) is 1.52. The van der Waals surface area contributed by atoms with Crippen molar-refractivity contribution < 1.29 is 29.2 Å². The highest BCUT2D eigenvalue weighted by atomic mass is 16.6. The predicted octanol–water partition coefficient (Wildman–Crippen LogP) is 2.29. The van der Waals surface area contributed by atoms with E-state index in [2.05, 4.69) is 42.3 Å². The van der Waals surface area contributed by atoms with E-state index < -0.39 is 36.0 Å². The fraction of sp³-hybridized carbons (Fsp3) is 0.833. The summed E-state index contributed by atoms with van der Waals surface area (Å²) >= 11 is 0. The lowest BCUT2D eigenvalue weighted by molar-refractivity contribution is -0.172. The number of likely N-dealkylation sites (tertiary alicyclic amines) is 1. The number of ether oxygens (including phenoxy) is 3. The van der Waals surface area contributed by atoms with E-state index in [0.29, 0.717) is 6.42 Å². The molecule has 1 unspecified atom stereocenters. The van der Waals surface area contributed by atoms with E-state index in [1.54, 1.807) is 6.92 Å². The smallest absolute Gasteiger partial charge is 0.335 e. The lowest BCUT2D eigenvalue weighted by Crippen LogP contribution is -2.59. The average Bonchev–Trinajstić information content (AvgIpc) is 3.09. The Morgan fingerprint density at radius 3 is 2.66 bits per heavy atom. The Hall–Kier alpha value is -1.29. The second-order valence-corrected chi connectivity index (χ2v) is 12.5. The van der Waals surface area contributed by atoms with Crippen molar-refractivity contribution in [3.05, 3.63) is 23.8 Å². The second-order valence-electron chi connectivity index (χ2n) is 12.5. The molecule has 8 heteroatoms. The van der Waals surface area contributed by atoms with E-state index in [-0.39, 0.29) is 41.7 Å². The van der Waals surface area contributed by atoms with E-state index in [4.69, 9.17) is 14.2 Å². The summed E-state index contributed by atoms with van der Waals surface area (Å²) in [5, 5.41) is 26.1. The first-order valence-electron chi connectivity index (χ1n) is 14.8. The number of cyclic esters (lactones) is 1. The van der Waals surface area contributed by atoms with Gasteiger partial charge in [-0.1, -0.05) is 38.5 Å². The first-order valence-corrected chi connectivity index (χ1v) is 14.8. The monoisotopic (exact) mass is 532 g/mol. The SMILES string of the molecule is CO[C@H]1C[C@H]2C=C[C@H]3[C@H]4O[C@]2(/C(C)=C/[C@@H](C)[C@@H]([C@@H](C)O)OC1=O)[C@@H]3[C@H](O)C(C)[C@@H]4NCCN1CCCCC1. The maximum Gasteiger partial charge on any atom is 0.335 e. The molecule has 2 saturated heterocycles. The number of aliphatic hydroxyl groups excluding tert-OH is 2. The van der Waals surface area contributed by atoms with Crippen LogP contribution in [0.15, 0.2) is 23.8 Å². The normalized spacial score (nSPS) is 47.6. The van der Waals surface area contributed by atoms with Crippen molar-refractivity contribution >= 4 is 5.97 Å². The maximum atomic E-state index is 13.1. The molecule has 0 aromatic heterocycles. The van der Waals surface area contributed by atoms with Gasteiger partial charge in [0.15, 0.2) is 6.10 Å². The maximum absolute atomic E-state index is 13.1. The fourth-order valence-corrected chi connectivity index (χ4v) is 8.24. The van der Waals surface area contributed by atoms with Gasteiger partial charge >= 0.3 is 5.97 Å². The van der Waals surface area contributed by atoms with E-state index in [1.165, 1.54) is 39.5 Å². The lowest BCUT2D eigenvalue weighted by Gasteiger charge is -2.49. The number of carbonyl (C=O) groups is 1. The average molecular weight is 533 g/mol. The largest absolute Gasteiger partial charge is 0.457 e. The summed E-state index contributed by atoms with van der Waals surface area (Å²) in [4.78, 5) is 15.7. The molecule has 3 N–H and O–H groups in total. The summed E-state index contributed by atoms with van der Waals surface area (Å²) in [6.45, 7) is 12.1. The molecule has 1 spiro atoms. The molecule has 12 atom stereocenters. The quantitative estimate of drug-likeness (QED) is 0.354. The van der Waals surface area contributed by atoms with Crippen molar-refractivity contribution in [2.75, 3.05) is 33.3 Å². The van der Waals surface area contributed by atoms with Gasteiger partial charge in [0.2, 0.25) is 0 Å². The number of nitrogens with one attached hydrogen (secondary N) is 1. The minimum Gasteiger partial charge on any atom is -0.457 e. The van der Waals surface area contributed by atoms with Crippen LogP contribution in [0.3, 0.4) is 0 Å². The lowest BCUT2D eigenvalue weighted by atomic mass is 9.57. The van der Waals surface area contributed by atoms with Crippen LogP contribution < -0.4 is 5.32 Å². The standard InChI is InChI=1S/C30H48N2O6/c1-17-15-18(2)30-21(16-23(36-5)29(35)37-27(17)20(4)33)9-10-22-24(30)26(34)19(3)25(28(22)38-30)31-11-14-32-12-7-6-8-13-32/h9-10,15,17,19-28,31,33-34H,6-8,11-14,16H2,1-5H3/b18-15+/t17-,19?,20-,21-,22-,23+,24+,25+,26-,27+,28-,30+/m1/s1. The third-order valence-corrected chi connectivity index (χ3v) is 10.2. The van der Waals surface area contributed by atoms with Gasteiger partial charge in [-0.3, -0.25) is 0 Å². The van der Waals surface area contributed by atoms with Crippen LogP contribution in [0.4, 0.5) is 0 Å². The molecule has 3 fully saturated rings. The third kappa shape index (κ3) is 4.79. The first-order chi connectivity index (χ1) is 18.2. The van der Waals surface area contributed by atoms with Crippen molar-refractivity contribution in [1.82, 2.24) is 10.2 Å². The van der Waals surface area contributed by atoms with Gasteiger partial charge in [-0.2, -0.15) is 0 Å². The topological polar surface area (TPSA) is 100 Å². The molecule has 214 valence electrons. The Bertz CT molecular complexity index is 916. The van der Waals surface area contributed by atoms with Crippen LogP contribution in [0.25, 0.3) is 0 Å². The zero-order valence-electron chi connectivity index (χ0n) is 23.7. The number of aliphatic hydroxyl groups is 2. The first kappa shape index (κ1) is 28.2. The molecule has 3 aliphatic heterocycles. The molecule has 0 radical (unpaired) electrons. The number of hydrogen-bond donors (Lipinski definition) is 3.